The third kappa shape index (κ3) is 6.17. The van der Waals surface area contributed by atoms with Gasteiger partial charge in [-0.15, -0.1) is 56.7 Å². The summed E-state index contributed by atoms with van der Waals surface area (Å²) in [5.74, 6) is 0.258. The third-order valence-corrected chi connectivity index (χ3v) is 12.7. The number of aryl methyl sites for hydroxylation is 2. The SMILES string of the molecule is CCCCCCc1ccc(C(=O)c2cc3sc4cc(C(=O)c5ccc(CCCCCC)s5)sc4c3s2)s1. The lowest BCUT2D eigenvalue weighted by Gasteiger charge is -1.97. The first-order valence-corrected chi connectivity index (χ1v) is 17.4. The first-order valence-electron chi connectivity index (χ1n) is 13.3. The number of carbonyl (C=O) groups excluding carboxylic acids is 2. The van der Waals surface area contributed by atoms with E-state index in [1.165, 1.54) is 61.1 Å². The van der Waals surface area contributed by atoms with Crippen LogP contribution in [0.3, 0.4) is 0 Å². The van der Waals surface area contributed by atoms with E-state index in [1.54, 1.807) is 56.7 Å². The van der Waals surface area contributed by atoms with E-state index < -0.39 is 0 Å². The Labute approximate surface area is 239 Å². The van der Waals surface area contributed by atoms with Gasteiger partial charge in [0.1, 0.15) is 0 Å². The van der Waals surface area contributed by atoms with Gasteiger partial charge in [0.15, 0.2) is 0 Å². The van der Waals surface area contributed by atoms with Gasteiger partial charge in [-0.1, -0.05) is 52.4 Å². The normalized spacial score (nSPS) is 11.7. The minimum Gasteiger partial charge on any atom is -0.287 e. The van der Waals surface area contributed by atoms with E-state index in [4.69, 9.17) is 0 Å². The zero-order valence-corrected chi connectivity index (χ0v) is 25.5. The maximum Gasteiger partial charge on any atom is 0.212 e. The second-order valence-electron chi connectivity index (χ2n) is 9.52. The van der Waals surface area contributed by atoms with Crippen LogP contribution in [-0.4, -0.2) is 11.6 Å². The van der Waals surface area contributed by atoms with E-state index in [0.29, 0.717) is 0 Å². The second kappa shape index (κ2) is 12.5. The van der Waals surface area contributed by atoms with Gasteiger partial charge in [-0.05, 0) is 62.1 Å². The van der Waals surface area contributed by atoms with E-state index in [0.717, 1.165) is 51.1 Å². The molecule has 0 fully saturated rings. The van der Waals surface area contributed by atoms with Crippen LogP contribution in [0.15, 0.2) is 36.4 Å². The summed E-state index contributed by atoms with van der Waals surface area (Å²) in [6, 6.07) is 12.3. The van der Waals surface area contributed by atoms with Crippen LogP contribution in [-0.2, 0) is 12.8 Å². The molecule has 0 atom stereocenters. The smallest absolute Gasteiger partial charge is 0.212 e. The van der Waals surface area contributed by atoms with E-state index in [1.807, 2.05) is 24.3 Å². The van der Waals surface area contributed by atoms with Crippen molar-refractivity contribution in [3.63, 3.8) is 0 Å². The molecule has 7 heteroatoms. The van der Waals surface area contributed by atoms with Crippen molar-refractivity contribution >= 4 is 87.1 Å². The summed E-state index contributed by atoms with van der Waals surface area (Å²) in [5, 5.41) is 0. The molecule has 37 heavy (non-hydrogen) atoms. The average Bonchev–Trinajstić information content (AvgIpc) is 3.71. The van der Waals surface area contributed by atoms with Crippen LogP contribution in [0.1, 0.15) is 104 Å². The molecule has 0 aliphatic heterocycles. The van der Waals surface area contributed by atoms with Crippen molar-refractivity contribution in [1.82, 2.24) is 0 Å². The number of ketones is 2. The largest absolute Gasteiger partial charge is 0.287 e. The summed E-state index contributed by atoms with van der Waals surface area (Å²) in [7, 11) is 0. The van der Waals surface area contributed by atoms with Gasteiger partial charge in [-0.25, -0.2) is 0 Å². The van der Waals surface area contributed by atoms with Gasteiger partial charge in [0.05, 0.1) is 28.9 Å². The molecular formula is C30H32O2S5. The fourth-order valence-electron chi connectivity index (χ4n) is 4.52. The minimum atomic E-state index is 0.129. The van der Waals surface area contributed by atoms with Crippen LogP contribution in [0.4, 0.5) is 0 Å². The second-order valence-corrected chi connectivity index (χ2v) is 15.0. The Kier molecular flexibility index (Phi) is 9.09. The van der Waals surface area contributed by atoms with Crippen molar-refractivity contribution in [1.29, 1.82) is 0 Å². The molecule has 5 aromatic heterocycles. The van der Waals surface area contributed by atoms with Gasteiger partial charge in [-0.2, -0.15) is 0 Å². The van der Waals surface area contributed by atoms with Gasteiger partial charge in [-0.3, -0.25) is 9.59 Å². The standard InChI is InChI=1S/C30H32O2S5/c1-3-5-7-9-11-19-13-15-21(33-19)27(31)23-17-25-29(36-23)30-26(35-25)18-24(37-30)28(32)22-16-14-20(34-22)12-10-8-6-4-2/h13-18H,3-12H2,1-2H3. The summed E-state index contributed by atoms with van der Waals surface area (Å²) < 4.78 is 4.59. The molecular weight excluding hydrogens is 553 g/mol. The summed E-state index contributed by atoms with van der Waals surface area (Å²) in [5.41, 5.74) is 0. The molecule has 0 aliphatic carbocycles. The first-order chi connectivity index (χ1) is 18.1. The Bertz CT molecular complexity index is 1390. The quantitative estimate of drug-likeness (QED) is 0.0961. The fraction of sp³-hybridized carbons (Fsp3) is 0.400. The molecule has 0 unspecified atom stereocenters. The Morgan fingerprint density at radius 3 is 1.43 bits per heavy atom. The maximum absolute atomic E-state index is 13.2. The zero-order chi connectivity index (χ0) is 25.8. The van der Waals surface area contributed by atoms with Crippen molar-refractivity contribution in [3.05, 3.63) is 65.7 Å². The number of fused-ring (bicyclic) bond motifs is 3. The molecule has 5 aromatic rings. The fourth-order valence-corrected chi connectivity index (χ4v) is 10.6. The predicted octanol–water partition coefficient (Wildman–Crippen LogP) is 11.0. The molecule has 0 N–H and O–H groups in total. The van der Waals surface area contributed by atoms with Crippen LogP contribution in [0.25, 0.3) is 18.8 Å². The average molecular weight is 585 g/mol. The number of hydrogen-bond donors (Lipinski definition) is 0. The highest BCUT2D eigenvalue weighted by Crippen LogP contribution is 2.45. The van der Waals surface area contributed by atoms with Crippen molar-refractivity contribution in [3.8, 4) is 0 Å². The lowest BCUT2D eigenvalue weighted by Crippen LogP contribution is -1.93. The summed E-state index contributed by atoms with van der Waals surface area (Å²) in [4.78, 5) is 32.3. The molecule has 0 aromatic carbocycles. The molecule has 0 spiro atoms. The molecule has 0 radical (unpaired) electrons. The highest BCUT2D eigenvalue weighted by molar-refractivity contribution is 7.39. The topological polar surface area (TPSA) is 34.1 Å². The lowest BCUT2D eigenvalue weighted by molar-refractivity contribution is 0.103. The van der Waals surface area contributed by atoms with E-state index in [9.17, 15) is 9.59 Å². The van der Waals surface area contributed by atoms with Gasteiger partial charge in [0.25, 0.3) is 0 Å². The van der Waals surface area contributed by atoms with E-state index >= 15 is 0 Å². The third-order valence-electron chi connectivity index (χ3n) is 6.59. The number of thiophene rings is 5. The Morgan fingerprint density at radius 2 is 1.00 bits per heavy atom. The highest BCUT2D eigenvalue weighted by atomic mass is 32.1. The number of hydrogen-bond acceptors (Lipinski definition) is 7. The Morgan fingerprint density at radius 1 is 0.541 bits per heavy atom. The van der Waals surface area contributed by atoms with Crippen LogP contribution < -0.4 is 0 Å². The van der Waals surface area contributed by atoms with Crippen molar-refractivity contribution in [2.24, 2.45) is 0 Å². The lowest BCUT2D eigenvalue weighted by atomic mass is 10.1. The first kappa shape index (κ1) is 26.9. The predicted molar refractivity (Wildman–Crippen MR) is 166 cm³/mol. The molecule has 0 saturated heterocycles. The number of carbonyl (C=O) groups is 2. The summed E-state index contributed by atoms with van der Waals surface area (Å²) >= 11 is 8.14. The van der Waals surface area contributed by atoms with E-state index in [2.05, 4.69) is 26.0 Å². The van der Waals surface area contributed by atoms with E-state index in [-0.39, 0.29) is 11.6 Å². The summed E-state index contributed by atoms with van der Waals surface area (Å²) in [6.07, 6.45) is 12.1. The van der Waals surface area contributed by atoms with Gasteiger partial charge < -0.3 is 0 Å². The van der Waals surface area contributed by atoms with Crippen molar-refractivity contribution < 1.29 is 9.59 Å². The number of unbranched alkanes of at least 4 members (excludes halogenated alkanes) is 6. The van der Waals surface area contributed by atoms with Crippen LogP contribution in [0, 0.1) is 0 Å². The van der Waals surface area contributed by atoms with Crippen LogP contribution in [0.2, 0.25) is 0 Å². The Balaban J connectivity index is 1.29. The molecule has 2 nitrogen and oxygen atoms in total. The molecule has 5 heterocycles. The van der Waals surface area contributed by atoms with Crippen LogP contribution in [0.5, 0.6) is 0 Å². The monoisotopic (exact) mass is 584 g/mol. The molecule has 0 amide bonds. The maximum atomic E-state index is 13.2. The molecule has 194 valence electrons. The minimum absolute atomic E-state index is 0.129. The van der Waals surface area contributed by atoms with Crippen LogP contribution >= 0.6 is 56.7 Å². The van der Waals surface area contributed by atoms with Crippen molar-refractivity contribution in [2.45, 2.75) is 78.1 Å². The number of rotatable bonds is 14. The van der Waals surface area contributed by atoms with Crippen molar-refractivity contribution in [2.75, 3.05) is 0 Å². The molecule has 0 saturated carbocycles. The highest BCUT2D eigenvalue weighted by Gasteiger charge is 2.21. The van der Waals surface area contributed by atoms with Gasteiger partial charge in [0.2, 0.25) is 11.6 Å². The van der Waals surface area contributed by atoms with Gasteiger partial charge >= 0.3 is 0 Å². The molecule has 5 rings (SSSR count). The molecule has 0 bridgehead atoms. The zero-order valence-electron chi connectivity index (χ0n) is 21.4. The Hall–Kier alpha value is -1.64. The molecule has 0 aliphatic rings. The summed E-state index contributed by atoms with van der Waals surface area (Å²) in [6.45, 7) is 4.46. The van der Waals surface area contributed by atoms with Gasteiger partial charge in [0, 0.05) is 19.2 Å².